The van der Waals surface area contributed by atoms with Crippen LogP contribution in [0, 0.1) is 47.3 Å². The zero-order valence-corrected chi connectivity index (χ0v) is 28.2. The Morgan fingerprint density at radius 2 is 1.71 bits per heavy atom. The Kier molecular flexibility index (Phi) is 13.4. The van der Waals surface area contributed by atoms with Gasteiger partial charge in [0, 0.05) is 18.9 Å². The highest BCUT2D eigenvalue weighted by molar-refractivity contribution is 5.79. The molecule has 0 heterocycles. The summed E-state index contributed by atoms with van der Waals surface area (Å²) in [5.74, 6) is 4.37. The second-order valence-electron chi connectivity index (χ2n) is 14.5. The molecule has 5 rings (SSSR count). The Labute approximate surface area is 259 Å². The third kappa shape index (κ3) is 7.43. The van der Waals surface area contributed by atoms with E-state index in [0.29, 0.717) is 23.2 Å². The van der Waals surface area contributed by atoms with Crippen molar-refractivity contribution in [1.82, 2.24) is 5.32 Å². The van der Waals surface area contributed by atoms with Gasteiger partial charge in [-0.25, -0.2) is 0 Å². The second kappa shape index (κ2) is 16.0. The minimum Gasteiger partial charge on any atom is -0.393 e. The molecule has 3 nitrogen and oxygen atoms in total. The quantitative estimate of drug-likeness (QED) is 0.286. The van der Waals surface area contributed by atoms with Crippen LogP contribution in [0.2, 0.25) is 0 Å². The molecule has 0 amide bonds. The summed E-state index contributed by atoms with van der Waals surface area (Å²) in [4.78, 5) is 11.9. The van der Waals surface area contributed by atoms with Gasteiger partial charge in [0.05, 0.1) is 6.10 Å². The van der Waals surface area contributed by atoms with Gasteiger partial charge < -0.3 is 10.4 Å². The molecule has 0 saturated heterocycles. The molecular formula is C39H65NO2. The third-order valence-electron chi connectivity index (χ3n) is 12.5. The first kappa shape index (κ1) is 35.0. The number of Topliss-reactive ketones (excluding diaryl/α,β-unsaturated/α-hetero) is 1. The van der Waals surface area contributed by atoms with E-state index in [4.69, 9.17) is 0 Å². The Hall–Kier alpha value is -1.45. The molecule has 1 aromatic carbocycles. The number of aryl methyl sites for hydroxylation is 1. The van der Waals surface area contributed by atoms with Crippen LogP contribution in [0.3, 0.4) is 0 Å². The number of hydrogen-bond donors (Lipinski definition) is 2. The maximum absolute atomic E-state index is 11.9. The summed E-state index contributed by atoms with van der Waals surface area (Å²) < 4.78 is 0. The maximum atomic E-state index is 11.9. The molecule has 0 bridgehead atoms. The van der Waals surface area contributed by atoms with Crippen molar-refractivity contribution >= 4 is 5.78 Å². The van der Waals surface area contributed by atoms with Crippen LogP contribution >= 0.6 is 0 Å². The fourth-order valence-corrected chi connectivity index (χ4v) is 10.0. The lowest BCUT2D eigenvalue weighted by molar-refractivity contribution is -0.145. The number of aliphatic hydroxyl groups is 1. The van der Waals surface area contributed by atoms with E-state index in [0.717, 1.165) is 62.3 Å². The van der Waals surface area contributed by atoms with Crippen molar-refractivity contribution in [2.45, 2.75) is 144 Å². The molecule has 0 spiro atoms. The molecule has 8 unspecified atom stereocenters. The highest BCUT2D eigenvalue weighted by Crippen LogP contribution is 2.67. The molecule has 4 saturated carbocycles. The van der Waals surface area contributed by atoms with Gasteiger partial charge >= 0.3 is 0 Å². The fraction of sp³-hybridized carbons (Fsp3) is 0.769. The number of carbonyl (C=O) groups is 1. The van der Waals surface area contributed by atoms with Crippen LogP contribution < -0.4 is 5.32 Å². The van der Waals surface area contributed by atoms with Crippen LogP contribution in [0.15, 0.2) is 37.4 Å². The minimum absolute atomic E-state index is 0.0492. The molecule has 0 aromatic heterocycles. The van der Waals surface area contributed by atoms with E-state index >= 15 is 0 Å². The zero-order chi connectivity index (χ0) is 30.9. The van der Waals surface area contributed by atoms with Gasteiger partial charge in [-0.1, -0.05) is 83.7 Å². The third-order valence-corrected chi connectivity index (χ3v) is 12.5. The molecule has 8 atom stereocenters. The number of fused-ring (bicyclic) bond motifs is 5. The summed E-state index contributed by atoms with van der Waals surface area (Å²) in [7, 11) is 0. The number of aliphatic hydroxyl groups excluding tert-OH is 1. The zero-order valence-electron chi connectivity index (χ0n) is 28.2. The molecule has 4 aliphatic rings. The topological polar surface area (TPSA) is 49.3 Å². The van der Waals surface area contributed by atoms with E-state index in [2.05, 4.69) is 84.3 Å². The molecule has 3 heteroatoms. The molecule has 0 aliphatic heterocycles. The van der Waals surface area contributed by atoms with Crippen molar-refractivity contribution in [3.05, 3.63) is 48.6 Å². The Balaban J connectivity index is 0.000000228. The van der Waals surface area contributed by atoms with Gasteiger partial charge in [0.15, 0.2) is 0 Å². The molecule has 42 heavy (non-hydrogen) atoms. The predicted molar refractivity (Wildman–Crippen MR) is 180 cm³/mol. The predicted octanol–water partition coefficient (Wildman–Crippen LogP) is 10.0. The Bertz CT molecular complexity index is 971. The normalized spacial score (nSPS) is 34.2. The fourth-order valence-electron chi connectivity index (χ4n) is 10.0. The molecule has 0 radical (unpaired) electrons. The van der Waals surface area contributed by atoms with Crippen molar-refractivity contribution in [3.63, 3.8) is 0 Å². The first-order valence-corrected chi connectivity index (χ1v) is 17.7. The largest absolute Gasteiger partial charge is 0.393 e. The van der Waals surface area contributed by atoms with Gasteiger partial charge in [0.25, 0.3) is 0 Å². The lowest BCUT2D eigenvalue weighted by Gasteiger charge is -2.60. The first-order chi connectivity index (χ1) is 20.2. The number of ketones is 1. The van der Waals surface area contributed by atoms with Crippen LogP contribution in [-0.4, -0.2) is 23.5 Å². The van der Waals surface area contributed by atoms with Gasteiger partial charge in [0.2, 0.25) is 0 Å². The van der Waals surface area contributed by atoms with E-state index in [1.54, 1.807) is 0 Å². The van der Waals surface area contributed by atoms with Gasteiger partial charge in [-0.2, -0.15) is 0 Å². The summed E-state index contributed by atoms with van der Waals surface area (Å²) in [6.07, 6.45) is 16.3. The summed E-state index contributed by atoms with van der Waals surface area (Å²) in [5.41, 5.74) is 3.43. The van der Waals surface area contributed by atoms with E-state index in [-0.39, 0.29) is 11.5 Å². The summed E-state index contributed by atoms with van der Waals surface area (Å²) in [5, 5.41) is 14.5. The standard InChI is InChI=1S/C21H34O2.C16H27N.C2H4/c1-3-10-21-12-9-17-16(18(21)6-7-19(21)23)5-4-14-13-15(22)8-11-20(14,17)2;1-5-14(6-2)12-17-16(7-3)15-10-8-9-13(4)11-15;1-2/h14,16-19,23H,3-13H2,1-2H3;8-11,14,16-17H,5-7,12H2,1-4H3;1-2H2. The number of rotatable bonds is 9. The lowest BCUT2D eigenvalue weighted by atomic mass is 9.44. The SMILES string of the molecule is C=C.CCC(CC)CNC(CC)c1cccc(C)c1.CCCC12CCC3C(CCC4CC(=O)CCC43C)C1CCC2O. The average molecular weight is 580 g/mol. The minimum atomic E-state index is -0.0492. The van der Waals surface area contributed by atoms with Gasteiger partial charge in [0.1, 0.15) is 5.78 Å². The number of carbonyl (C=O) groups excluding carboxylic acids is 1. The van der Waals surface area contributed by atoms with Crippen LogP contribution in [0.4, 0.5) is 0 Å². The van der Waals surface area contributed by atoms with E-state index in [9.17, 15) is 9.90 Å². The van der Waals surface area contributed by atoms with Crippen molar-refractivity contribution in [1.29, 1.82) is 0 Å². The number of benzene rings is 1. The smallest absolute Gasteiger partial charge is 0.133 e. The van der Waals surface area contributed by atoms with Crippen molar-refractivity contribution < 1.29 is 9.90 Å². The molecule has 4 aliphatic carbocycles. The highest BCUT2D eigenvalue weighted by Gasteiger charge is 2.61. The Morgan fingerprint density at radius 1 is 0.976 bits per heavy atom. The van der Waals surface area contributed by atoms with Crippen LogP contribution in [0.25, 0.3) is 0 Å². The van der Waals surface area contributed by atoms with Gasteiger partial charge in [-0.05, 0) is 117 Å². The Morgan fingerprint density at radius 3 is 2.36 bits per heavy atom. The number of hydrogen-bond acceptors (Lipinski definition) is 3. The van der Waals surface area contributed by atoms with Crippen molar-refractivity contribution in [3.8, 4) is 0 Å². The molecule has 2 N–H and O–H groups in total. The maximum Gasteiger partial charge on any atom is 0.133 e. The number of nitrogens with one attached hydrogen (secondary N) is 1. The van der Waals surface area contributed by atoms with Crippen LogP contribution in [0.1, 0.15) is 142 Å². The summed E-state index contributed by atoms with van der Waals surface area (Å²) >= 11 is 0. The van der Waals surface area contributed by atoms with Crippen LogP contribution in [0.5, 0.6) is 0 Å². The second-order valence-corrected chi connectivity index (χ2v) is 14.5. The molecule has 4 fully saturated rings. The van der Waals surface area contributed by atoms with Crippen molar-refractivity contribution in [2.24, 2.45) is 40.4 Å². The van der Waals surface area contributed by atoms with E-state index in [1.165, 1.54) is 68.9 Å². The summed E-state index contributed by atoms with van der Waals surface area (Å²) in [6, 6.07) is 9.37. The van der Waals surface area contributed by atoms with Crippen LogP contribution in [-0.2, 0) is 4.79 Å². The van der Waals surface area contributed by atoms with E-state index in [1.807, 2.05) is 0 Å². The first-order valence-electron chi connectivity index (χ1n) is 17.7. The molecule has 238 valence electrons. The summed E-state index contributed by atoms with van der Waals surface area (Å²) in [6.45, 7) is 20.9. The highest BCUT2D eigenvalue weighted by atomic mass is 16.3. The van der Waals surface area contributed by atoms with E-state index < -0.39 is 0 Å². The molecule has 1 aromatic rings. The molecular weight excluding hydrogens is 514 g/mol. The van der Waals surface area contributed by atoms with Gasteiger partial charge in [-0.3, -0.25) is 4.79 Å². The van der Waals surface area contributed by atoms with Crippen molar-refractivity contribution in [2.75, 3.05) is 6.54 Å². The van der Waals surface area contributed by atoms with Gasteiger partial charge in [-0.15, -0.1) is 13.2 Å². The average Bonchev–Trinajstić information content (AvgIpc) is 3.33. The lowest BCUT2D eigenvalue weighted by Crippen LogP contribution is -2.54. The monoisotopic (exact) mass is 580 g/mol.